The first-order valence-electron chi connectivity index (χ1n) is 5.14. The van der Waals surface area contributed by atoms with Gasteiger partial charge in [-0.05, 0) is 32.9 Å². The van der Waals surface area contributed by atoms with Gasteiger partial charge in [0.15, 0.2) is 0 Å². The van der Waals surface area contributed by atoms with Crippen LogP contribution in [0.5, 0.6) is 5.88 Å². The largest absolute Gasteiger partial charge is 0.473 e. The Balaban J connectivity index is 1.95. The van der Waals surface area contributed by atoms with Crippen molar-refractivity contribution in [1.29, 1.82) is 0 Å². The minimum absolute atomic E-state index is 0.338. The van der Waals surface area contributed by atoms with E-state index in [1.165, 1.54) is 0 Å². The van der Waals surface area contributed by atoms with E-state index in [0.717, 1.165) is 37.5 Å². The first-order chi connectivity index (χ1) is 6.75. The summed E-state index contributed by atoms with van der Waals surface area (Å²) in [4.78, 5) is 0. The quantitative estimate of drug-likeness (QED) is 0.760. The lowest BCUT2D eigenvalue weighted by Crippen LogP contribution is -2.34. The number of aromatic nitrogens is 2. The van der Waals surface area contributed by atoms with Crippen molar-refractivity contribution in [3.63, 3.8) is 0 Å². The molecule has 0 saturated carbocycles. The third kappa shape index (κ3) is 2.07. The van der Waals surface area contributed by atoms with E-state index < -0.39 is 0 Å². The molecule has 4 heteroatoms. The number of piperidine rings is 1. The van der Waals surface area contributed by atoms with Crippen molar-refractivity contribution in [2.24, 2.45) is 7.05 Å². The molecule has 14 heavy (non-hydrogen) atoms. The molecule has 0 spiro atoms. The number of aryl methyl sites for hydroxylation is 2. The molecule has 0 radical (unpaired) electrons. The Kier molecular flexibility index (Phi) is 2.72. The van der Waals surface area contributed by atoms with Crippen LogP contribution in [-0.2, 0) is 7.05 Å². The van der Waals surface area contributed by atoms with Crippen LogP contribution in [0.25, 0.3) is 0 Å². The Hall–Kier alpha value is -1.03. The highest BCUT2D eigenvalue weighted by molar-refractivity contribution is 5.14. The standard InChI is InChI=1S/C10H17N3O/c1-8-7-10(12-13(8)2)14-9-3-5-11-6-4-9/h7,9,11H,3-6H2,1-2H3. The summed E-state index contributed by atoms with van der Waals surface area (Å²) in [6.07, 6.45) is 2.50. The van der Waals surface area contributed by atoms with Gasteiger partial charge < -0.3 is 10.1 Å². The van der Waals surface area contributed by atoms with Crippen LogP contribution < -0.4 is 10.1 Å². The van der Waals surface area contributed by atoms with Crippen LogP contribution in [0.15, 0.2) is 6.07 Å². The van der Waals surface area contributed by atoms with Crippen molar-refractivity contribution in [3.05, 3.63) is 11.8 Å². The molecular weight excluding hydrogens is 178 g/mol. The van der Waals surface area contributed by atoms with Gasteiger partial charge in [-0.2, -0.15) is 0 Å². The van der Waals surface area contributed by atoms with Gasteiger partial charge >= 0.3 is 0 Å². The average Bonchev–Trinajstić information content (AvgIpc) is 2.47. The van der Waals surface area contributed by atoms with Crippen LogP contribution in [0.1, 0.15) is 18.5 Å². The highest BCUT2D eigenvalue weighted by atomic mass is 16.5. The maximum Gasteiger partial charge on any atom is 0.233 e. The minimum atomic E-state index is 0.338. The molecule has 4 nitrogen and oxygen atoms in total. The van der Waals surface area contributed by atoms with Crippen molar-refractivity contribution in [2.45, 2.75) is 25.9 Å². The molecule has 78 valence electrons. The fourth-order valence-electron chi connectivity index (χ4n) is 1.67. The van der Waals surface area contributed by atoms with Crippen LogP contribution >= 0.6 is 0 Å². The van der Waals surface area contributed by atoms with Crippen LogP contribution in [0.4, 0.5) is 0 Å². The normalized spacial score (nSPS) is 18.4. The number of hydrogen-bond donors (Lipinski definition) is 1. The molecule has 2 heterocycles. The molecule has 0 bridgehead atoms. The van der Waals surface area contributed by atoms with E-state index in [2.05, 4.69) is 10.4 Å². The lowest BCUT2D eigenvalue weighted by molar-refractivity contribution is 0.155. The molecule has 1 aliphatic heterocycles. The lowest BCUT2D eigenvalue weighted by Gasteiger charge is -2.22. The maximum atomic E-state index is 5.78. The molecule has 0 amide bonds. The number of nitrogens with one attached hydrogen (secondary N) is 1. The number of rotatable bonds is 2. The van der Waals surface area contributed by atoms with Crippen molar-refractivity contribution < 1.29 is 4.74 Å². The first-order valence-corrected chi connectivity index (χ1v) is 5.14. The van der Waals surface area contributed by atoms with Gasteiger partial charge in [-0.3, -0.25) is 4.68 Å². The van der Waals surface area contributed by atoms with Gasteiger partial charge in [-0.15, -0.1) is 5.10 Å². The van der Waals surface area contributed by atoms with Gasteiger partial charge in [0, 0.05) is 18.8 Å². The van der Waals surface area contributed by atoms with Crippen molar-refractivity contribution >= 4 is 0 Å². The third-order valence-corrected chi connectivity index (χ3v) is 2.66. The molecule has 0 aromatic carbocycles. The Morgan fingerprint density at radius 1 is 1.50 bits per heavy atom. The molecule has 1 aliphatic rings. The molecule has 1 saturated heterocycles. The molecule has 0 unspecified atom stereocenters. The summed E-state index contributed by atoms with van der Waals surface area (Å²) in [5.41, 5.74) is 1.13. The molecule has 1 aromatic rings. The number of hydrogen-bond acceptors (Lipinski definition) is 3. The molecule has 1 N–H and O–H groups in total. The summed E-state index contributed by atoms with van der Waals surface area (Å²) in [6, 6.07) is 1.99. The zero-order valence-electron chi connectivity index (χ0n) is 8.79. The smallest absolute Gasteiger partial charge is 0.233 e. The molecule has 2 rings (SSSR count). The van der Waals surface area contributed by atoms with E-state index >= 15 is 0 Å². The molecule has 0 aliphatic carbocycles. The topological polar surface area (TPSA) is 39.1 Å². The summed E-state index contributed by atoms with van der Waals surface area (Å²) in [6.45, 7) is 4.13. The van der Waals surface area contributed by atoms with Gasteiger partial charge in [0.05, 0.1) is 0 Å². The van der Waals surface area contributed by atoms with Gasteiger partial charge in [0.2, 0.25) is 5.88 Å². The molecule has 0 atom stereocenters. The highest BCUT2D eigenvalue weighted by Gasteiger charge is 2.15. The zero-order chi connectivity index (χ0) is 9.97. The molecule has 1 aromatic heterocycles. The van der Waals surface area contributed by atoms with Crippen molar-refractivity contribution in [3.8, 4) is 5.88 Å². The van der Waals surface area contributed by atoms with E-state index in [9.17, 15) is 0 Å². The SMILES string of the molecule is Cc1cc(OC2CCNCC2)nn1C. The van der Waals surface area contributed by atoms with Gasteiger partial charge in [-0.25, -0.2) is 0 Å². The minimum Gasteiger partial charge on any atom is -0.473 e. The van der Waals surface area contributed by atoms with Gasteiger partial charge in [0.1, 0.15) is 6.10 Å². The summed E-state index contributed by atoms with van der Waals surface area (Å²) in [7, 11) is 1.94. The Morgan fingerprint density at radius 3 is 2.79 bits per heavy atom. The van der Waals surface area contributed by atoms with E-state index in [1.54, 1.807) is 0 Å². The zero-order valence-corrected chi connectivity index (χ0v) is 8.79. The van der Waals surface area contributed by atoms with E-state index in [4.69, 9.17) is 4.74 Å². The van der Waals surface area contributed by atoms with Crippen LogP contribution in [0.2, 0.25) is 0 Å². The second-order valence-electron chi connectivity index (χ2n) is 3.81. The van der Waals surface area contributed by atoms with E-state index in [1.807, 2.05) is 24.7 Å². The summed E-state index contributed by atoms with van der Waals surface area (Å²) in [5, 5.41) is 7.59. The van der Waals surface area contributed by atoms with E-state index in [-0.39, 0.29) is 0 Å². The predicted molar refractivity (Wildman–Crippen MR) is 54.5 cm³/mol. The fourth-order valence-corrected chi connectivity index (χ4v) is 1.67. The summed E-state index contributed by atoms with van der Waals surface area (Å²) >= 11 is 0. The van der Waals surface area contributed by atoms with Gasteiger partial charge in [-0.1, -0.05) is 0 Å². The fraction of sp³-hybridized carbons (Fsp3) is 0.700. The molecular formula is C10H17N3O. The average molecular weight is 195 g/mol. The third-order valence-electron chi connectivity index (χ3n) is 2.66. The van der Waals surface area contributed by atoms with Crippen LogP contribution in [0, 0.1) is 6.92 Å². The number of nitrogens with zero attached hydrogens (tertiary/aromatic N) is 2. The van der Waals surface area contributed by atoms with Gasteiger partial charge in [0.25, 0.3) is 0 Å². The lowest BCUT2D eigenvalue weighted by atomic mass is 10.1. The first kappa shape index (κ1) is 9.52. The van der Waals surface area contributed by atoms with Crippen molar-refractivity contribution in [1.82, 2.24) is 15.1 Å². The summed E-state index contributed by atoms with van der Waals surface area (Å²) in [5.74, 6) is 0.761. The van der Waals surface area contributed by atoms with Crippen molar-refractivity contribution in [2.75, 3.05) is 13.1 Å². The Morgan fingerprint density at radius 2 is 2.21 bits per heavy atom. The maximum absolute atomic E-state index is 5.78. The Labute approximate surface area is 84.3 Å². The van der Waals surface area contributed by atoms with Crippen LogP contribution in [-0.4, -0.2) is 29.0 Å². The second kappa shape index (κ2) is 4.00. The summed E-state index contributed by atoms with van der Waals surface area (Å²) < 4.78 is 7.63. The predicted octanol–water partition coefficient (Wildman–Crippen LogP) is 0.859. The van der Waals surface area contributed by atoms with E-state index in [0.29, 0.717) is 6.10 Å². The second-order valence-corrected chi connectivity index (χ2v) is 3.81. The monoisotopic (exact) mass is 195 g/mol. The Bertz CT molecular complexity index is 283. The van der Waals surface area contributed by atoms with Crippen LogP contribution in [0.3, 0.4) is 0 Å². The number of ether oxygens (including phenoxy) is 1. The highest BCUT2D eigenvalue weighted by Crippen LogP contribution is 2.15. The molecule has 1 fully saturated rings.